The van der Waals surface area contributed by atoms with Crippen LogP contribution in [-0.4, -0.2) is 65.2 Å². The zero-order valence-electron chi connectivity index (χ0n) is 20.4. The topological polar surface area (TPSA) is 141 Å². The number of benzene rings is 1. The summed E-state index contributed by atoms with van der Waals surface area (Å²) < 4.78 is 38.2. The lowest BCUT2D eigenvalue weighted by Crippen LogP contribution is -2.27. The molecule has 3 N–H and O–H groups in total. The van der Waals surface area contributed by atoms with Crippen molar-refractivity contribution in [2.45, 2.75) is 38.7 Å². The molecule has 1 aliphatic heterocycles. The van der Waals surface area contributed by atoms with Crippen molar-refractivity contribution in [3.63, 3.8) is 0 Å². The zero-order chi connectivity index (χ0) is 25.5. The molecule has 3 heterocycles. The third kappa shape index (κ3) is 5.17. The van der Waals surface area contributed by atoms with Crippen LogP contribution < -0.4 is 15.8 Å². The summed E-state index contributed by atoms with van der Waals surface area (Å²) in [6, 6.07) is 5.25. The predicted molar refractivity (Wildman–Crippen MR) is 133 cm³/mol. The molecule has 0 spiro atoms. The van der Waals surface area contributed by atoms with E-state index >= 15 is 0 Å². The Kier molecular flexibility index (Phi) is 6.36. The normalized spacial score (nSPS) is 17.0. The summed E-state index contributed by atoms with van der Waals surface area (Å²) in [5, 5.41) is 2.70. The number of amides is 1. The number of sulfonamides is 1. The van der Waals surface area contributed by atoms with Gasteiger partial charge in [0.05, 0.1) is 19.1 Å². The first-order valence-electron chi connectivity index (χ1n) is 11.1. The molecule has 4 rings (SSSR count). The fraction of sp³-hybridized carbons (Fsp3) is 0.435. The number of fused-ring (bicyclic) bond motifs is 1. The molecular weight excluding hydrogens is 472 g/mol. The van der Waals surface area contributed by atoms with Gasteiger partial charge < -0.3 is 15.2 Å². The lowest BCUT2D eigenvalue weighted by molar-refractivity contribution is 0.0635. The number of hydrogen-bond donors (Lipinski definition) is 2. The number of aromatic nitrogens is 3. The molecule has 0 radical (unpaired) electrons. The van der Waals surface area contributed by atoms with Crippen molar-refractivity contribution in [2.24, 2.45) is 0 Å². The number of nitrogens with zero attached hydrogens (tertiary/aromatic N) is 4. The number of nitrogens with two attached hydrogens (primary N) is 1. The van der Waals surface area contributed by atoms with Gasteiger partial charge in [-0.2, -0.15) is 0 Å². The Bertz CT molecular complexity index is 1380. The number of nitrogens with one attached hydrogen (secondary N) is 1. The Morgan fingerprint density at radius 1 is 1.29 bits per heavy atom. The number of hydrogen-bond acceptors (Lipinski definition) is 8. The fourth-order valence-corrected chi connectivity index (χ4v) is 5.06. The number of anilines is 2. The standard InChI is InChI=1S/C23H30N6O5S/c1-23(2,3)34-22(30)26-16-7-6-14(12-17(16)33-4)18-19-20(24)25-9-11-29(19)21(27-18)15-8-10-28(13-15)35(5,31)32/h6-7,9,11-12,15H,8,10,13H2,1-5H3,(H2,24,25)(H,26,30)/t15-/m1/s1. The highest BCUT2D eigenvalue weighted by atomic mass is 32.2. The second kappa shape index (κ2) is 9.00. The molecule has 1 aliphatic rings. The maximum Gasteiger partial charge on any atom is 0.412 e. The first kappa shape index (κ1) is 24.7. The predicted octanol–water partition coefficient (Wildman–Crippen LogP) is 3.08. The molecular formula is C23H30N6O5S. The second-order valence-corrected chi connectivity index (χ2v) is 11.5. The molecule has 0 unspecified atom stereocenters. The van der Waals surface area contributed by atoms with Crippen LogP contribution in [0.1, 0.15) is 38.9 Å². The molecule has 0 aliphatic carbocycles. The Morgan fingerprint density at radius 2 is 2.03 bits per heavy atom. The van der Waals surface area contributed by atoms with Crippen LogP contribution in [0.2, 0.25) is 0 Å². The highest BCUT2D eigenvalue weighted by molar-refractivity contribution is 7.88. The Balaban J connectivity index is 1.73. The van der Waals surface area contributed by atoms with Crippen molar-refractivity contribution in [3.8, 4) is 17.0 Å². The maximum atomic E-state index is 12.2. The van der Waals surface area contributed by atoms with E-state index in [0.717, 1.165) is 0 Å². The zero-order valence-corrected chi connectivity index (χ0v) is 21.2. The van der Waals surface area contributed by atoms with Crippen molar-refractivity contribution in [1.82, 2.24) is 18.7 Å². The van der Waals surface area contributed by atoms with E-state index in [4.69, 9.17) is 20.2 Å². The van der Waals surface area contributed by atoms with Crippen LogP contribution in [0.3, 0.4) is 0 Å². The molecule has 1 fully saturated rings. The molecule has 35 heavy (non-hydrogen) atoms. The Hall–Kier alpha value is -3.38. The van der Waals surface area contributed by atoms with E-state index < -0.39 is 21.7 Å². The van der Waals surface area contributed by atoms with E-state index in [0.29, 0.717) is 59.4 Å². The summed E-state index contributed by atoms with van der Waals surface area (Å²) >= 11 is 0. The third-order valence-corrected chi connectivity index (χ3v) is 6.98. The average molecular weight is 503 g/mol. The Morgan fingerprint density at radius 3 is 2.66 bits per heavy atom. The van der Waals surface area contributed by atoms with Gasteiger partial charge in [-0.1, -0.05) is 6.07 Å². The largest absolute Gasteiger partial charge is 0.495 e. The number of ether oxygens (including phenoxy) is 2. The van der Waals surface area contributed by atoms with Gasteiger partial charge >= 0.3 is 6.09 Å². The number of carbonyl (C=O) groups is 1. The summed E-state index contributed by atoms with van der Waals surface area (Å²) in [6.07, 6.45) is 4.63. The lowest BCUT2D eigenvalue weighted by atomic mass is 10.1. The summed E-state index contributed by atoms with van der Waals surface area (Å²) in [5.41, 5.74) is 7.97. The van der Waals surface area contributed by atoms with Gasteiger partial charge in [-0.05, 0) is 39.3 Å². The van der Waals surface area contributed by atoms with E-state index in [9.17, 15) is 13.2 Å². The maximum absolute atomic E-state index is 12.2. The van der Waals surface area contributed by atoms with Crippen LogP contribution in [0.5, 0.6) is 5.75 Å². The number of rotatable bonds is 5. The Labute approximate surface area is 204 Å². The molecule has 12 heteroatoms. The van der Waals surface area contributed by atoms with Crippen LogP contribution in [-0.2, 0) is 14.8 Å². The minimum atomic E-state index is -3.29. The van der Waals surface area contributed by atoms with Crippen LogP contribution in [0, 0.1) is 0 Å². The molecule has 1 saturated heterocycles. The average Bonchev–Trinajstić information content (AvgIpc) is 3.38. The van der Waals surface area contributed by atoms with Gasteiger partial charge in [0.2, 0.25) is 10.0 Å². The first-order valence-corrected chi connectivity index (χ1v) is 13.0. The smallest absolute Gasteiger partial charge is 0.412 e. The molecule has 1 atom stereocenters. The van der Waals surface area contributed by atoms with Crippen molar-refractivity contribution >= 4 is 33.1 Å². The molecule has 188 valence electrons. The second-order valence-electron chi connectivity index (χ2n) is 9.50. The lowest BCUT2D eigenvalue weighted by Gasteiger charge is -2.20. The van der Waals surface area contributed by atoms with Gasteiger partial charge in [-0.15, -0.1) is 0 Å². The van der Waals surface area contributed by atoms with Gasteiger partial charge in [0.25, 0.3) is 0 Å². The van der Waals surface area contributed by atoms with Crippen LogP contribution in [0.15, 0.2) is 30.6 Å². The van der Waals surface area contributed by atoms with E-state index in [2.05, 4.69) is 10.3 Å². The fourth-order valence-electron chi connectivity index (χ4n) is 4.17. The third-order valence-electron chi connectivity index (χ3n) is 5.71. The monoisotopic (exact) mass is 502 g/mol. The molecule has 3 aromatic rings. The van der Waals surface area contributed by atoms with Crippen molar-refractivity contribution in [1.29, 1.82) is 0 Å². The number of carbonyl (C=O) groups excluding carboxylic acids is 1. The van der Waals surface area contributed by atoms with Crippen LogP contribution >= 0.6 is 0 Å². The molecule has 0 bridgehead atoms. The minimum absolute atomic E-state index is 0.0946. The highest BCUT2D eigenvalue weighted by Gasteiger charge is 2.33. The summed E-state index contributed by atoms with van der Waals surface area (Å²) in [7, 11) is -1.78. The quantitative estimate of drug-likeness (QED) is 0.542. The first-order chi connectivity index (χ1) is 16.4. The van der Waals surface area contributed by atoms with Gasteiger partial charge in [-0.3, -0.25) is 9.72 Å². The van der Waals surface area contributed by atoms with Crippen LogP contribution in [0.4, 0.5) is 16.3 Å². The molecule has 1 amide bonds. The van der Waals surface area contributed by atoms with Crippen molar-refractivity contribution < 1.29 is 22.7 Å². The highest BCUT2D eigenvalue weighted by Crippen LogP contribution is 2.37. The van der Waals surface area contributed by atoms with Crippen LogP contribution in [0.25, 0.3) is 16.8 Å². The van der Waals surface area contributed by atoms with E-state index in [1.165, 1.54) is 17.7 Å². The molecule has 0 saturated carbocycles. The summed E-state index contributed by atoms with van der Waals surface area (Å²) in [5.74, 6) is 1.34. The molecule has 1 aromatic carbocycles. The van der Waals surface area contributed by atoms with Gasteiger partial charge in [0.1, 0.15) is 34.2 Å². The molecule has 11 nitrogen and oxygen atoms in total. The summed E-state index contributed by atoms with van der Waals surface area (Å²) in [6.45, 7) is 6.14. The van der Waals surface area contributed by atoms with E-state index in [1.54, 1.807) is 51.4 Å². The van der Waals surface area contributed by atoms with Gasteiger partial charge in [0, 0.05) is 37.0 Å². The van der Waals surface area contributed by atoms with Gasteiger partial charge in [0.15, 0.2) is 0 Å². The minimum Gasteiger partial charge on any atom is -0.495 e. The molecule has 2 aromatic heterocycles. The SMILES string of the molecule is COc1cc(-c2nc([C@@H]3CCN(S(C)(=O)=O)C3)n3ccnc(N)c23)ccc1NC(=O)OC(C)(C)C. The van der Waals surface area contributed by atoms with Gasteiger partial charge in [-0.25, -0.2) is 27.5 Å². The number of nitrogen functional groups attached to an aromatic ring is 1. The van der Waals surface area contributed by atoms with Crippen molar-refractivity contribution in [3.05, 3.63) is 36.4 Å². The van der Waals surface area contributed by atoms with E-state index in [-0.39, 0.29) is 5.92 Å². The number of methoxy groups -OCH3 is 1. The van der Waals surface area contributed by atoms with Crippen molar-refractivity contribution in [2.75, 3.05) is 37.5 Å². The van der Waals surface area contributed by atoms with E-state index in [1.807, 2.05) is 4.40 Å². The summed E-state index contributed by atoms with van der Waals surface area (Å²) in [4.78, 5) is 21.4. The number of imidazole rings is 1.